The van der Waals surface area contributed by atoms with Gasteiger partial charge in [-0.15, -0.1) is 0 Å². The smallest absolute Gasteiger partial charge is 0.252 e. The third-order valence-corrected chi connectivity index (χ3v) is 26.9. The van der Waals surface area contributed by atoms with Crippen molar-refractivity contribution in [3.8, 4) is 113 Å². The number of benzene rings is 19. The number of para-hydroxylation sites is 3. The number of hydrogen-bond donors (Lipinski definition) is 0. The second-order valence-electron chi connectivity index (χ2n) is 36.6. The van der Waals surface area contributed by atoms with Crippen LogP contribution in [0.4, 0.5) is 34.1 Å². The van der Waals surface area contributed by atoms with Gasteiger partial charge >= 0.3 is 0 Å². The summed E-state index contributed by atoms with van der Waals surface area (Å²) in [5, 5.41) is 21.4. The predicted octanol–water partition coefficient (Wildman–Crippen LogP) is 30.5. The van der Waals surface area contributed by atoms with E-state index in [1.165, 1.54) is 0 Å². The number of aromatic nitrogens is 2. The quantitative estimate of drug-likeness (QED) is 0.108. The molecule has 0 amide bonds. The number of fused-ring (bicyclic) bond motifs is 12. The Morgan fingerprint density at radius 1 is 0.308 bits per heavy atom. The third kappa shape index (κ3) is 13.0. The van der Waals surface area contributed by atoms with Gasteiger partial charge in [0, 0.05) is 89.0 Å². The van der Waals surface area contributed by atoms with Gasteiger partial charge in [-0.1, -0.05) is 339 Å². The zero-order valence-electron chi connectivity index (χ0n) is 87.6. The van der Waals surface area contributed by atoms with E-state index in [0.717, 1.165) is 106 Å². The first-order valence-corrected chi connectivity index (χ1v) is 44.8. The van der Waals surface area contributed by atoms with Gasteiger partial charge in [-0.05, 0) is 238 Å². The average molecular weight is 1720 g/mol. The molecule has 2 aromatic heterocycles. The van der Waals surface area contributed by atoms with Crippen molar-refractivity contribution in [1.82, 2.24) is 9.13 Å². The molecule has 0 N–H and O–H groups in total. The van der Waals surface area contributed by atoms with Gasteiger partial charge in [-0.3, -0.25) is 0 Å². The van der Waals surface area contributed by atoms with E-state index in [1.807, 2.05) is 146 Å². The van der Waals surface area contributed by atoms with E-state index in [1.54, 1.807) is 9.13 Å². The van der Waals surface area contributed by atoms with Gasteiger partial charge in [0.15, 0.2) is 0 Å². The van der Waals surface area contributed by atoms with Crippen LogP contribution in [0, 0.1) is 22.7 Å². The summed E-state index contributed by atoms with van der Waals surface area (Å²) in [4.78, 5) is 4.69. The summed E-state index contributed by atoms with van der Waals surface area (Å²) >= 11 is 0. The minimum absolute atomic E-state index is 0.105. The highest BCUT2D eigenvalue weighted by Crippen LogP contribution is 2.60. The molecule has 0 spiro atoms. The maximum absolute atomic E-state index is 11.0. The molecule has 7 nitrogen and oxygen atoms in total. The molecule has 5 heterocycles. The van der Waals surface area contributed by atoms with Crippen molar-refractivity contribution >= 4 is 101 Å². The van der Waals surface area contributed by atoms with E-state index >= 15 is 0 Å². The summed E-state index contributed by atoms with van der Waals surface area (Å²) in [5.41, 5.74) is 20.4. The Kier molecular flexibility index (Phi) is 15.5. The van der Waals surface area contributed by atoms with Crippen LogP contribution in [0.3, 0.4) is 0 Å². The lowest BCUT2D eigenvalue weighted by molar-refractivity contribution is 0.434. The zero-order valence-corrected chi connectivity index (χ0v) is 73.6. The Bertz CT molecular complexity index is 8840. The molecular weight excluding hydrogens is 1610 g/mol. The van der Waals surface area contributed by atoms with Gasteiger partial charge < -0.3 is 23.7 Å². The molecule has 0 bridgehead atoms. The fraction of sp³-hybridized carbons (Fsp3) is 0.0720. The Balaban J connectivity index is 0.931. The molecule has 8 heteroatoms. The fourth-order valence-electron chi connectivity index (χ4n) is 20.7. The number of nitriles is 2. The summed E-state index contributed by atoms with van der Waals surface area (Å²) in [5.74, 6) is 1.20. The number of anilines is 6. The van der Waals surface area contributed by atoms with Crippen molar-refractivity contribution in [3.63, 3.8) is 0 Å². The van der Waals surface area contributed by atoms with Crippen LogP contribution in [0.15, 0.2) is 430 Å². The molecule has 0 atom stereocenters. The monoisotopic (exact) mass is 1710 g/mol. The van der Waals surface area contributed by atoms with Crippen LogP contribution in [0.25, 0.3) is 133 Å². The number of nitrogens with zero attached hydrogens (tertiary/aromatic N) is 6. The molecule has 19 aromatic carbocycles. The summed E-state index contributed by atoms with van der Waals surface area (Å²) in [7, 11) is 0. The largest absolute Gasteiger partial charge is 0.457 e. The molecule has 21 aromatic rings. The minimum Gasteiger partial charge on any atom is -0.457 e. The molecule has 0 aliphatic carbocycles. The van der Waals surface area contributed by atoms with E-state index in [2.05, 4.69) is 264 Å². The molecule has 0 fully saturated rings. The third-order valence-electron chi connectivity index (χ3n) is 26.9. The standard InChI is InChI=1S/C125H89BN6O/c1-123(2,3)94-72-100(84-37-17-9-18-38-84)121(102(74-94)89-43-31-41-86(67-89)82-33-13-7-14-34-82)131-114-76-96(129-110-52-28-25-49-98(110)104-65-80(78-127)55-63-112(104)129)58-61-108(114)126-109-62-59-97(130-111-53-29-26-50-99(111)105-66-81(79-128)56-64-113(105)130)77-115(109)132(122-101(85-39-19-10-20-40-85)73-95(124(4,5)6)75-103(122)90-44-32-42-87(68-90)83-35-15-8-16-36-83)117-70-91(69-116(131)120(117)126)88-57-60-107-119(71-88)133-118-54-30-27-51-106(118)125(107,92-45-21-11-22-46-92)93-47-23-12-24-48-93/h7-77H,1-6H3/i25D,26D,28D,29D,49D,50D,52D,53D,55D,56D,63D,64D,65D,66D. The summed E-state index contributed by atoms with van der Waals surface area (Å²) in [6.07, 6.45) is 0. The lowest BCUT2D eigenvalue weighted by atomic mass is 9.33. The van der Waals surface area contributed by atoms with Crippen molar-refractivity contribution in [2.45, 2.75) is 57.8 Å². The van der Waals surface area contributed by atoms with Crippen LogP contribution in [-0.2, 0) is 16.2 Å². The molecule has 0 radical (unpaired) electrons. The van der Waals surface area contributed by atoms with Crippen molar-refractivity contribution in [2.75, 3.05) is 9.80 Å². The van der Waals surface area contributed by atoms with Crippen LogP contribution in [0.1, 0.15) is 105 Å². The van der Waals surface area contributed by atoms with E-state index in [4.69, 9.17) is 4.74 Å². The van der Waals surface area contributed by atoms with Gasteiger partial charge in [0.05, 0.1) is 81.3 Å². The first-order valence-electron chi connectivity index (χ1n) is 51.8. The first-order chi connectivity index (χ1) is 71.0. The second-order valence-corrected chi connectivity index (χ2v) is 36.6. The number of hydrogen-bond acceptors (Lipinski definition) is 5. The lowest BCUT2D eigenvalue weighted by Gasteiger charge is -2.46. The Labute approximate surface area is 795 Å². The second kappa shape index (κ2) is 31.3. The molecule has 133 heavy (non-hydrogen) atoms. The molecule has 0 saturated heterocycles. The van der Waals surface area contributed by atoms with Crippen molar-refractivity contribution in [1.29, 1.82) is 10.5 Å². The first kappa shape index (κ1) is 65.7. The highest BCUT2D eigenvalue weighted by molar-refractivity contribution is 7.00. The van der Waals surface area contributed by atoms with E-state index in [9.17, 15) is 29.7 Å². The van der Waals surface area contributed by atoms with Crippen LogP contribution in [-0.4, -0.2) is 15.8 Å². The average Bonchev–Trinajstić information content (AvgIpc) is 1.55. The van der Waals surface area contributed by atoms with Crippen LogP contribution in [0.2, 0.25) is 0 Å². The van der Waals surface area contributed by atoms with Gasteiger partial charge in [-0.2, -0.15) is 10.5 Å². The molecular formula is C125H89BN6O. The van der Waals surface area contributed by atoms with Gasteiger partial charge in [0.25, 0.3) is 6.71 Å². The molecule has 3 aliphatic rings. The van der Waals surface area contributed by atoms with Crippen LogP contribution in [0.5, 0.6) is 11.5 Å². The van der Waals surface area contributed by atoms with Gasteiger partial charge in [0.2, 0.25) is 0 Å². The summed E-state index contributed by atoms with van der Waals surface area (Å²) < 4.78 is 149. The van der Waals surface area contributed by atoms with Crippen molar-refractivity contribution in [2.24, 2.45) is 0 Å². The van der Waals surface area contributed by atoms with E-state index in [-0.39, 0.29) is 55.0 Å². The highest BCUT2D eigenvalue weighted by atomic mass is 16.5. The molecule has 628 valence electrons. The SMILES string of the molecule is [2H]c1c([2H])c([2H])c2c(c1[2H])c1c([2H])c(C#N)c([2H])c([2H])c1n2-c1ccc2c(c1)N(c1c(-c3ccccc3)cc(C(C)(C)C)cc1-c1cccc(-c3ccccc3)c1)c1cc(-c3ccc4c(c3)Oc3ccccc3C4(c3ccccc3)c3ccccc3)cc3c1B2c1ccc(-n2c4c([2H])c([2H])c([2H])c([2H])c4c4c([2H])c(C#N)c([2H])c([2H])c42)cc1N3c1c(-c2ccccc2)cc(C(C)(C)C)cc1-c1cccc(-c2ccccc2)c1. The Morgan fingerprint density at radius 3 is 1.13 bits per heavy atom. The number of ether oxygens (including phenoxy) is 1. The zero-order chi connectivity index (χ0) is 102. The van der Waals surface area contributed by atoms with Crippen LogP contribution >= 0.6 is 0 Å². The topological polar surface area (TPSA) is 73.1 Å². The Morgan fingerprint density at radius 2 is 0.684 bits per heavy atom. The van der Waals surface area contributed by atoms with Crippen LogP contribution < -0.4 is 30.9 Å². The van der Waals surface area contributed by atoms with Crippen molar-refractivity contribution in [3.05, 3.63) is 475 Å². The highest BCUT2D eigenvalue weighted by Gasteiger charge is 2.49. The van der Waals surface area contributed by atoms with Crippen molar-refractivity contribution < 1.29 is 23.9 Å². The van der Waals surface area contributed by atoms with Gasteiger partial charge in [0.1, 0.15) is 11.5 Å². The molecule has 0 unspecified atom stereocenters. The van der Waals surface area contributed by atoms with E-state index in [0.29, 0.717) is 67.7 Å². The fourth-order valence-corrected chi connectivity index (χ4v) is 20.7. The molecule has 3 aliphatic heterocycles. The molecule has 0 saturated carbocycles. The van der Waals surface area contributed by atoms with Gasteiger partial charge in [-0.25, -0.2) is 0 Å². The predicted molar refractivity (Wildman–Crippen MR) is 552 cm³/mol. The number of rotatable bonds is 13. The Hall–Kier alpha value is -16.8. The minimum atomic E-state index is -0.970. The summed E-state index contributed by atoms with van der Waals surface area (Å²) in [6, 6.07) is 116. The maximum Gasteiger partial charge on any atom is 0.252 e. The normalized spacial score (nSPS) is 14.4. The lowest BCUT2D eigenvalue weighted by Crippen LogP contribution is -2.61. The molecule has 24 rings (SSSR count). The maximum atomic E-state index is 11.0. The summed E-state index contributed by atoms with van der Waals surface area (Å²) in [6.45, 7) is 12.3. The van der Waals surface area contributed by atoms with E-state index < -0.39 is 119 Å².